The minimum Gasteiger partial charge on any atom is -0.469 e. The first-order valence-electron chi connectivity index (χ1n) is 20.8. The van der Waals surface area contributed by atoms with Crippen LogP contribution in [0, 0.1) is 0 Å². The fourth-order valence-corrected chi connectivity index (χ4v) is 6.58. The lowest BCUT2D eigenvalue weighted by Crippen LogP contribution is -2.35. The molecule has 2 unspecified atom stereocenters. The Morgan fingerprint density at radius 3 is 0.961 bits per heavy atom. The van der Waals surface area contributed by atoms with Gasteiger partial charge in [-0.1, -0.05) is 109 Å². The molecule has 0 radical (unpaired) electrons. The molecule has 0 fully saturated rings. The van der Waals surface area contributed by atoms with Gasteiger partial charge in [0.25, 0.3) is 0 Å². The average Bonchev–Trinajstić information content (AvgIpc) is 3.12. The number of carbonyl (C=O) groups excluding carboxylic acids is 4. The first-order valence-corrected chi connectivity index (χ1v) is 20.8. The van der Waals surface area contributed by atoms with E-state index in [0.29, 0.717) is 25.7 Å². The van der Waals surface area contributed by atoms with Crippen molar-refractivity contribution in [2.45, 2.75) is 211 Å². The van der Waals surface area contributed by atoms with E-state index >= 15 is 0 Å². The van der Waals surface area contributed by atoms with E-state index < -0.39 is 0 Å². The van der Waals surface area contributed by atoms with Gasteiger partial charge in [-0.3, -0.25) is 19.2 Å². The van der Waals surface area contributed by atoms with E-state index in [1.54, 1.807) is 0 Å². The van der Waals surface area contributed by atoms with Gasteiger partial charge < -0.3 is 30.3 Å². The van der Waals surface area contributed by atoms with E-state index in [9.17, 15) is 19.2 Å². The lowest BCUT2D eigenvalue weighted by molar-refractivity contribution is -0.141. The van der Waals surface area contributed by atoms with Gasteiger partial charge in [-0.15, -0.1) is 0 Å². The zero-order chi connectivity index (χ0) is 37.6. The number of esters is 2. The number of hydrogen-bond acceptors (Lipinski definition) is 8. The normalized spacial score (nSPS) is 12.3. The Balaban J connectivity index is 4.49. The molecule has 4 N–H and O–H groups in total. The van der Waals surface area contributed by atoms with Crippen LogP contribution in [0.15, 0.2) is 0 Å². The fourth-order valence-electron chi connectivity index (χ4n) is 6.58. The fraction of sp³-hybridized carbons (Fsp3) is 0.902. The van der Waals surface area contributed by atoms with Gasteiger partial charge in [0.2, 0.25) is 11.8 Å². The topological polar surface area (TPSA) is 151 Å². The number of nitrogens with one attached hydrogen (secondary N) is 2. The van der Waals surface area contributed by atoms with Gasteiger partial charge >= 0.3 is 11.9 Å². The largest absolute Gasteiger partial charge is 0.469 e. The van der Waals surface area contributed by atoms with Crippen LogP contribution in [0.3, 0.4) is 0 Å². The quantitative estimate of drug-likeness (QED) is 0.0366. The minimum atomic E-state index is -0.148. The molecule has 0 heterocycles. The third kappa shape index (κ3) is 34.6. The van der Waals surface area contributed by atoms with Crippen molar-refractivity contribution in [3.63, 3.8) is 0 Å². The van der Waals surface area contributed by atoms with Gasteiger partial charge in [-0.05, 0) is 64.2 Å². The number of aliphatic hydroxyl groups is 2. The molecule has 0 aromatic rings. The highest BCUT2D eigenvalue weighted by atomic mass is 16.5. The second-order valence-corrected chi connectivity index (χ2v) is 14.4. The van der Waals surface area contributed by atoms with Crippen molar-refractivity contribution in [2.75, 3.05) is 27.4 Å². The smallest absolute Gasteiger partial charge is 0.305 e. The van der Waals surface area contributed by atoms with Crippen molar-refractivity contribution in [1.29, 1.82) is 0 Å². The summed E-state index contributed by atoms with van der Waals surface area (Å²) in [7, 11) is 2.85. The van der Waals surface area contributed by atoms with Crippen molar-refractivity contribution < 1.29 is 38.9 Å². The first kappa shape index (κ1) is 48.8. The van der Waals surface area contributed by atoms with Gasteiger partial charge in [0, 0.05) is 51.0 Å². The van der Waals surface area contributed by atoms with Crippen LogP contribution in [-0.2, 0) is 28.7 Å². The number of methoxy groups -OCH3 is 2. The molecule has 0 aliphatic heterocycles. The molecule has 0 saturated carbocycles. The lowest BCUT2D eigenvalue weighted by Gasteiger charge is -2.19. The van der Waals surface area contributed by atoms with Crippen LogP contribution < -0.4 is 10.6 Å². The Kier molecular flexibility index (Phi) is 35.9. The van der Waals surface area contributed by atoms with E-state index in [4.69, 9.17) is 19.7 Å². The molecule has 0 saturated heterocycles. The summed E-state index contributed by atoms with van der Waals surface area (Å²) in [4.78, 5) is 48.3. The first-order chi connectivity index (χ1) is 24.9. The predicted octanol–water partition coefficient (Wildman–Crippen LogP) is 8.38. The number of carbonyl (C=O) groups is 4. The average molecular weight is 727 g/mol. The summed E-state index contributed by atoms with van der Waals surface area (Å²) in [5.41, 5.74) is 0. The summed E-state index contributed by atoms with van der Waals surface area (Å²) >= 11 is 0. The zero-order valence-electron chi connectivity index (χ0n) is 32.8. The lowest BCUT2D eigenvalue weighted by atomic mass is 9.99. The van der Waals surface area contributed by atoms with Crippen molar-refractivity contribution in [2.24, 2.45) is 0 Å². The van der Waals surface area contributed by atoms with E-state index in [0.717, 1.165) is 173 Å². The van der Waals surface area contributed by atoms with Crippen LogP contribution in [0.1, 0.15) is 199 Å². The number of amides is 2. The van der Waals surface area contributed by atoms with Crippen LogP contribution >= 0.6 is 0 Å². The second-order valence-electron chi connectivity index (χ2n) is 14.4. The Bertz CT molecular complexity index is 774. The number of ether oxygens (including phenoxy) is 2. The number of rotatable bonds is 38. The molecular formula is C41H78N2O8. The molecule has 0 aliphatic carbocycles. The highest BCUT2D eigenvalue weighted by Gasteiger charge is 2.14. The molecule has 0 aromatic heterocycles. The number of unbranched alkanes of at least 4 members (excludes halogenated alkanes) is 18. The highest BCUT2D eigenvalue weighted by molar-refractivity contribution is 5.76. The molecule has 0 aromatic carbocycles. The summed E-state index contributed by atoms with van der Waals surface area (Å²) in [5.74, 6) is -0.0876. The van der Waals surface area contributed by atoms with Crippen molar-refractivity contribution in [3.05, 3.63) is 0 Å². The summed E-state index contributed by atoms with van der Waals surface area (Å²) in [6, 6.07) is 0.366. The molecule has 2 amide bonds. The third-order valence-electron chi connectivity index (χ3n) is 9.78. The summed E-state index contributed by atoms with van der Waals surface area (Å²) < 4.78 is 9.42. The Morgan fingerprint density at radius 1 is 0.392 bits per heavy atom. The second kappa shape index (κ2) is 37.6. The van der Waals surface area contributed by atoms with E-state index in [-0.39, 0.29) is 49.1 Å². The van der Waals surface area contributed by atoms with Crippen LogP contribution in [0.4, 0.5) is 0 Å². The van der Waals surface area contributed by atoms with Crippen LogP contribution in [0.2, 0.25) is 0 Å². The molecule has 51 heavy (non-hydrogen) atoms. The van der Waals surface area contributed by atoms with Crippen LogP contribution in [0.25, 0.3) is 0 Å². The highest BCUT2D eigenvalue weighted by Crippen LogP contribution is 2.17. The summed E-state index contributed by atoms with van der Waals surface area (Å²) in [6.45, 7) is 0.499. The van der Waals surface area contributed by atoms with Crippen molar-refractivity contribution in [1.82, 2.24) is 10.6 Å². The van der Waals surface area contributed by atoms with Crippen molar-refractivity contribution >= 4 is 23.8 Å². The Labute approximate surface area is 311 Å². The van der Waals surface area contributed by atoms with Crippen molar-refractivity contribution in [3.8, 4) is 0 Å². The molecule has 0 bridgehead atoms. The molecule has 2 atom stereocenters. The SMILES string of the molecule is COC(=O)CCCCCCCC(CCCCCCCO)NC(=O)CCCCCC(=O)NC(CCCCCCCO)CCCCCCCC(=O)OC. The van der Waals surface area contributed by atoms with E-state index in [2.05, 4.69) is 10.6 Å². The summed E-state index contributed by atoms with van der Waals surface area (Å²) in [6.07, 6.45) is 28.9. The van der Waals surface area contributed by atoms with E-state index in [1.165, 1.54) is 14.2 Å². The molecule has 10 heteroatoms. The molecule has 0 aliphatic rings. The molecule has 0 spiro atoms. The maximum Gasteiger partial charge on any atom is 0.305 e. The van der Waals surface area contributed by atoms with E-state index in [1.807, 2.05) is 0 Å². The maximum absolute atomic E-state index is 12.9. The van der Waals surface area contributed by atoms with Crippen LogP contribution in [0.5, 0.6) is 0 Å². The molecular weight excluding hydrogens is 648 g/mol. The Morgan fingerprint density at radius 2 is 0.647 bits per heavy atom. The Hall–Kier alpha value is -2.20. The van der Waals surface area contributed by atoms with Gasteiger partial charge in [-0.2, -0.15) is 0 Å². The van der Waals surface area contributed by atoms with Gasteiger partial charge in [0.1, 0.15) is 0 Å². The maximum atomic E-state index is 12.9. The third-order valence-corrected chi connectivity index (χ3v) is 9.78. The zero-order valence-corrected chi connectivity index (χ0v) is 32.8. The number of hydrogen-bond donors (Lipinski definition) is 4. The summed E-state index contributed by atoms with van der Waals surface area (Å²) in [5, 5.41) is 24.6. The van der Waals surface area contributed by atoms with Gasteiger partial charge in [0.15, 0.2) is 0 Å². The number of aliphatic hydroxyl groups excluding tert-OH is 2. The predicted molar refractivity (Wildman–Crippen MR) is 205 cm³/mol. The molecule has 300 valence electrons. The minimum absolute atomic E-state index is 0.104. The van der Waals surface area contributed by atoms with Gasteiger partial charge in [-0.25, -0.2) is 0 Å². The van der Waals surface area contributed by atoms with Gasteiger partial charge in [0.05, 0.1) is 14.2 Å². The molecule has 10 nitrogen and oxygen atoms in total. The standard InChI is InChI=1S/C41H78N2O8/c1-50-40(48)32-22-11-3-7-16-26-36(28-18-9-5-13-24-34-44)42-38(46)30-20-15-21-31-39(47)43-37(29-19-10-6-14-25-35-45)27-17-8-4-12-23-33-41(49)51-2/h36-37,44-45H,3-35H2,1-2H3,(H,42,46)(H,43,47). The molecule has 0 rings (SSSR count). The monoisotopic (exact) mass is 727 g/mol. The van der Waals surface area contributed by atoms with Crippen LogP contribution in [-0.4, -0.2) is 73.5 Å².